The van der Waals surface area contributed by atoms with Gasteiger partial charge in [-0.25, -0.2) is 8.42 Å². The van der Waals surface area contributed by atoms with Crippen molar-refractivity contribution >= 4 is 62.3 Å². The van der Waals surface area contributed by atoms with Gasteiger partial charge in [-0.3, -0.25) is 13.9 Å². The number of carbonyl (C=O) groups is 2. The average Bonchev–Trinajstić information content (AvgIpc) is 2.76. The van der Waals surface area contributed by atoms with Crippen LogP contribution in [0, 0.1) is 0 Å². The SMILES string of the molecule is CC[C@H](C)NC(=O)[C@@H](C)N(Cc1c(Cl)cccc1Cl)C(=O)CN(c1ccccc1Cl)S(C)(=O)=O. The Kier molecular flexibility index (Phi) is 10.1. The summed E-state index contributed by atoms with van der Waals surface area (Å²) in [5, 5.41) is 3.67. The summed E-state index contributed by atoms with van der Waals surface area (Å²) in [6.07, 6.45) is 1.69. The molecule has 0 bridgehead atoms. The smallest absolute Gasteiger partial charge is 0.244 e. The predicted molar refractivity (Wildman–Crippen MR) is 138 cm³/mol. The third kappa shape index (κ3) is 7.25. The van der Waals surface area contributed by atoms with Gasteiger partial charge < -0.3 is 10.2 Å². The third-order valence-corrected chi connectivity index (χ3v) is 7.51. The summed E-state index contributed by atoms with van der Waals surface area (Å²) in [5.41, 5.74) is 0.610. The van der Waals surface area contributed by atoms with Gasteiger partial charge in [0.15, 0.2) is 0 Å². The Bertz CT molecular complexity index is 1120. The molecule has 2 rings (SSSR count). The first kappa shape index (κ1) is 28.2. The molecule has 0 saturated carbocycles. The second-order valence-corrected chi connectivity index (χ2v) is 11.1. The molecule has 0 saturated heterocycles. The van der Waals surface area contributed by atoms with Crippen molar-refractivity contribution < 1.29 is 18.0 Å². The zero-order valence-corrected chi connectivity index (χ0v) is 22.5. The van der Waals surface area contributed by atoms with Crippen LogP contribution in [0.3, 0.4) is 0 Å². The molecule has 2 atom stereocenters. The fourth-order valence-corrected chi connectivity index (χ4v) is 4.82. The summed E-state index contributed by atoms with van der Waals surface area (Å²) in [5.74, 6) is -0.998. The van der Waals surface area contributed by atoms with E-state index in [1.807, 2.05) is 13.8 Å². The standard InChI is InChI=1S/C23H28Cl3N3O4S/c1-5-15(2)27-23(31)16(3)28(13-17-18(24)10-8-11-19(17)25)22(30)14-29(34(4,32)33)21-12-7-6-9-20(21)26/h6-12,15-16H,5,13-14H2,1-4H3,(H,27,31)/t15-,16+/m0/s1. The lowest BCUT2D eigenvalue weighted by atomic mass is 10.1. The van der Waals surface area contributed by atoms with E-state index in [1.54, 1.807) is 37.3 Å². The van der Waals surface area contributed by atoms with E-state index in [0.717, 1.165) is 10.6 Å². The van der Waals surface area contributed by atoms with Gasteiger partial charge >= 0.3 is 0 Å². The molecule has 1 N–H and O–H groups in total. The minimum Gasteiger partial charge on any atom is -0.352 e. The Balaban J connectivity index is 2.46. The second kappa shape index (κ2) is 12.1. The largest absolute Gasteiger partial charge is 0.352 e. The number of anilines is 1. The first-order valence-corrected chi connectivity index (χ1v) is 13.6. The minimum atomic E-state index is -3.88. The Morgan fingerprint density at radius 2 is 1.53 bits per heavy atom. The van der Waals surface area contributed by atoms with Crippen LogP contribution in [-0.4, -0.2) is 50.0 Å². The van der Waals surface area contributed by atoms with Crippen LogP contribution in [0.1, 0.15) is 32.8 Å². The van der Waals surface area contributed by atoms with Gasteiger partial charge in [-0.15, -0.1) is 0 Å². The summed E-state index contributed by atoms with van der Waals surface area (Å²) >= 11 is 18.9. The van der Waals surface area contributed by atoms with Crippen molar-refractivity contribution in [1.29, 1.82) is 0 Å². The fourth-order valence-electron chi connectivity index (χ4n) is 3.15. The van der Waals surface area contributed by atoms with Crippen molar-refractivity contribution in [1.82, 2.24) is 10.2 Å². The van der Waals surface area contributed by atoms with Gasteiger partial charge in [-0.1, -0.05) is 59.9 Å². The van der Waals surface area contributed by atoms with Gasteiger partial charge in [-0.2, -0.15) is 0 Å². The summed E-state index contributed by atoms with van der Waals surface area (Å²) in [6.45, 7) is 4.69. The highest BCUT2D eigenvalue weighted by Crippen LogP contribution is 2.29. The Morgan fingerprint density at radius 1 is 0.971 bits per heavy atom. The highest BCUT2D eigenvalue weighted by Gasteiger charge is 2.31. The Labute approximate surface area is 216 Å². The number of para-hydroxylation sites is 1. The van der Waals surface area contributed by atoms with Gasteiger partial charge in [0.25, 0.3) is 0 Å². The quantitative estimate of drug-likeness (QED) is 0.464. The molecular weight excluding hydrogens is 521 g/mol. The predicted octanol–water partition coefficient (Wildman–Crippen LogP) is 4.74. The molecule has 0 fully saturated rings. The molecule has 0 aliphatic heterocycles. The summed E-state index contributed by atoms with van der Waals surface area (Å²) in [7, 11) is -3.88. The van der Waals surface area contributed by atoms with Crippen LogP contribution < -0.4 is 9.62 Å². The van der Waals surface area contributed by atoms with Crippen molar-refractivity contribution in [3.8, 4) is 0 Å². The molecule has 11 heteroatoms. The maximum absolute atomic E-state index is 13.5. The maximum atomic E-state index is 13.5. The molecule has 0 spiro atoms. The Hall–Kier alpha value is -2.00. The van der Waals surface area contributed by atoms with Gasteiger partial charge in [0, 0.05) is 28.2 Å². The van der Waals surface area contributed by atoms with E-state index < -0.39 is 28.5 Å². The number of sulfonamides is 1. The van der Waals surface area contributed by atoms with Crippen molar-refractivity contribution in [2.75, 3.05) is 17.1 Å². The van der Waals surface area contributed by atoms with E-state index in [2.05, 4.69) is 5.32 Å². The molecule has 0 aliphatic carbocycles. The van der Waals surface area contributed by atoms with Crippen LogP contribution >= 0.6 is 34.8 Å². The van der Waals surface area contributed by atoms with E-state index in [4.69, 9.17) is 34.8 Å². The topological polar surface area (TPSA) is 86.8 Å². The Morgan fingerprint density at radius 3 is 2.06 bits per heavy atom. The first-order chi connectivity index (χ1) is 15.9. The highest BCUT2D eigenvalue weighted by molar-refractivity contribution is 7.92. The van der Waals surface area contributed by atoms with Crippen LogP contribution in [0.5, 0.6) is 0 Å². The molecule has 0 aliphatic rings. The summed E-state index contributed by atoms with van der Waals surface area (Å²) in [4.78, 5) is 27.7. The van der Waals surface area contributed by atoms with Gasteiger partial charge in [0.1, 0.15) is 12.6 Å². The highest BCUT2D eigenvalue weighted by atomic mass is 35.5. The molecule has 34 heavy (non-hydrogen) atoms. The zero-order chi connectivity index (χ0) is 25.6. The second-order valence-electron chi connectivity index (χ2n) is 7.94. The van der Waals surface area contributed by atoms with E-state index in [-0.39, 0.29) is 29.2 Å². The molecule has 0 aromatic heterocycles. The van der Waals surface area contributed by atoms with E-state index in [1.165, 1.54) is 17.0 Å². The number of nitrogens with one attached hydrogen (secondary N) is 1. The number of amides is 2. The lowest BCUT2D eigenvalue weighted by Gasteiger charge is -2.32. The lowest BCUT2D eigenvalue weighted by molar-refractivity contribution is -0.139. The number of hydrogen-bond acceptors (Lipinski definition) is 4. The molecular formula is C23H28Cl3N3O4S. The van der Waals surface area contributed by atoms with E-state index in [0.29, 0.717) is 22.0 Å². The summed E-state index contributed by atoms with van der Waals surface area (Å²) < 4.78 is 26.1. The van der Waals surface area contributed by atoms with Crippen LogP contribution in [-0.2, 0) is 26.2 Å². The number of hydrogen-bond donors (Lipinski definition) is 1. The van der Waals surface area contributed by atoms with Gasteiger partial charge in [0.2, 0.25) is 21.8 Å². The van der Waals surface area contributed by atoms with Crippen LogP contribution in [0.25, 0.3) is 0 Å². The monoisotopic (exact) mass is 547 g/mol. The van der Waals surface area contributed by atoms with Crippen LogP contribution in [0.2, 0.25) is 15.1 Å². The number of carbonyl (C=O) groups excluding carboxylic acids is 2. The number of nitrogens with zero attached hydrogens (tertiary/aromatic N) is 2. The van der Waals surface area contributed by atoms with Crippen LogP contribution in [0.4, 0.5) is 5.69 Å². The molecule has 7 nitrogen and oxygen atoms in total. The molecule has 0 heterocycles. The average molecular weight is 549 g/mol. The molecule has 2 amide bonds. The lowest BCUT2D eigenvalue weighted by Crippen LogP contribution is -2.52. The van der Waals surface area contributed by atoms with E-state index >= 15 is 0 Å². The number of halogens is 3. The van der Waals surface area contributed by atoms with Crippen molar-refractivity contribution in [2.24, 2.45) is 0 Å². The normalized spacial score (nSPS) is 13.1. The number of rotatable bonds is 10. The third-order valence-electron chi connectivity index (χ3n) is 5.36. The minimum absolute atomic E-state index is 0.0907. The molecule has 2 aromatic rings. The van der Waals surface area contributed by atoms with Crippen molar-refractivity contribution in [2.45, 2.75) is 45.8 Å². The van der Waals surface area contributed by atoms with Crippen molar-refractivity contribution in [3.63, 3.8) is 0 Å². The van der Waals surface area contributed by atoms with E-state index in [9.17, 15) is 18.0 Å². The fraction of sp³-hybridized carbons (Fsp3) is 0.391. The zero-order valence-electron chi connectivity index (χ0n) is 19.4. The van der Waals surface area contributed by atoms with Gasteiger partial charge in [0.05, 0.1) is 17.0 Å². The maximum Gasteiger partial charge on any atom is 0.244 e. The first-order valence-electron chi connectivity index (χ1n) is 10.6. The molecule has 186 valence electrons. The summed E-state index contributed by atoms with van der Waals surface area (Å²) in [6, 6.07) is 10.2. The van der Waals surface area contributed by atoms with Gasteiger partial charge in [-0.05, 0) is 44.5 Å². The molecule has 2 aromatic carbocycles. The van der Waals surface area contributed by atoms with Crippen LogP contribution in [0.15, 0.2) is 42.5 Å². The molecule has 0 radical (unpaired) electrons. The molecule has 0 unspecified atom stereocenters. The van der Waals surface area contributed by atoms with Crippen molar-refractivity contribution in [3.05, 3.63) is 63.1 Å². The number of benzene rings is 2.